The van der Waals surface area contributed by atoms with Gasteiger partial charge in [-0.15, -0.1) is 0 Å². The van der Waals surface area contributed by atoms with Crippen LogP contribution in [0.1, 0.15) is 51.6 Å². The Balaban J connectivity index is 1.48. The fraction of sp³-hybridized carbons (Fsp3) is 0.636. The molecule has 29 heavy (non-hydrogen) atoms. The molecule has 0 saturated heterocycles. The molecule has 154 valence electrons. The van der Waals surface area contributed by atoms with Gasteiger partial charge in [-0.25, -0.2) is 0 Å². The van der Waals surface area contributed by atoms with Crippen LogP contribution in [0.15, 0.2) is 29.4 Å². The molecule has 2 atom stereocenters. The van der Waals surface area contributed by atoms with E-state index in [2.05, 4.69) is 15.3 Å². The lowest BCUT2D eigenvalue weighted by atomic mass is 9.47. The Morgan fingerprint density at radius 3 is 2.69 bits per heavy atom. The summed E-state index contributed by atoms with van der Waals surface area (Å²) in [4.78, 5) is 20.6. The highest BCUT2D eigenvalue weighted by atomic mass is 16.5. The first-order valence-corrected chi connectivity index (χ1v) is 10.4. The molecule has 7 heteroatoms. The third-order valence-corrected chi connectivity index (χ3v) is 7.14. The Morgan fingerprint density at radius 2 is 2.10 bits per heavy atom. The molecule has 0 radical (unpaired) electrons. The van der Waals surface area contributed by atoms with Crippen LogP contribution in [-0.2, 0) is 16.1 Å². The maximum absolute atomic E-state index is 12.2. The Kier molecular flexibility index (Phi) is 5.07. The maximum atomic E-state index is 12.2. The summed E-state index contributed by atoms with van der Waals surface area (Å²) in [5.74, 6) is 1.75. The lowest BCUT2D eigenvalue weighted by Crippen LogP contribution is -2.63. The number of hydrogen-bond acceptors (Lipinski definition) is 5. The standard InChI is InChI=1S/C22H29N5O2/c1-21(2,29-12-17-5-3-4-6-25-17)20(26-13-23)27-18-15-7-14-8-16(18)11-22(9-14,10-15)19(24)28/h3-6,14-16,18H,7-12H2,1-2H3,(H2,24,28)(H,26,27). The van der Waals surface area contributed by atoms with Gasteiger partial charge in [0, 0.05) is 17.7 Å². The highest BCUT2D eigenvalue weighted by molar-refractivity contribution is 5.91. The number of amidine groups is 1. The zero-order valence-corrected chi connectivity index (χ0v) is 17.1. The van der Waals surface area contributed by atoms with Crippen LogP contribution in [0.3, 0.4) is 0 Å². The molecule has 0 aliphatic heterocycles. The Labute approximate surface area is 171 Å². The van der Waals surface area contributed by atoms with Crippen LogP contribution in [0.2, 0.25) is 0 Å². The quantitative estimate of drug-likeness (QED) is 0.436. The van der Waals surface area contributed by atoms with Gasteiger partial charge in [0.1, 0.15) is 11.4 Å². The van der Waals surface area contributed by atoms with Crippen LogP contribution in [0, 0.1) is 34.6 Å². The fourth-order valence-electron chi connectivity index (χ4n) is 5.92. The number of nitrogens with zero attached hydrogens (tertiary/aromatic N) is 3. The van der Waals surface area contributed by atoms with Crippen molar-refractivity contribution in [1.29, 1.82) is 5.26 Å². The predicted octanol–water partition coefficient (Wildman–Crippen LogP) is 2.53. The van der Waals surface area contributed by atoms with Crippen molar-refractivity contribution in [3.63, 3.8) is 0 Å². The fourth-order valence-corrected chi connectivity index (χ4v) is 5.92. The van der Waals surface area contributed by atoms with E-state index in [0.29, 0.717) is 30.2 Å². The molecule has 5 rings (SSSR count). The topological polar surface area (TPSA) is 113 Å². The molecule has 4 aliphatic rings. The summed E-state index contributed by atoms with van der Waals surface area (Å²) < 4.78 is 6.10. The molecule has 4 saturated carbocycles. The van der Waals surface area contributed by atoms with Gasteiger partial charge in [0.15, 0.2) is 0 Å². The minimum absolute atomic E-state index is 0.139. The van der Waals surface area contributed by atoms with Crippen molar-refractivity contribution in [3.8, 4) is 6.19 Å². The molecule has 1 amide bonds. The van der Waals surface area contributed by atoms with Crippen molar-refractivity contribution in [2.24, 2.45) is 33.9 Å². The van der Waals surface area contributed by atoms with Gasteiger partial charge >= 0.3 is 0 Å². The molecule has 3 N–H and O–H groups in total. The van der Waals surface area contributed by atoms with Gasteiger partial charge in [-0.2, -0.15) is 10.3 Å². The second-order valence-electron chi connectivity index (χ2n) is 9.47. The Bertz CT molecular complexity index is 829. The lowest BCUT2D eigenvalue weighted by molar-refractivity contribution is -0.145. The molecule has 4 fully saturated rings. The van der Waals surface area contributed by atoms with E-state index in [1.54, 1.807) is 6.20 Å². The summed E-state index contributed by atoms with van der Waals surface area (Å²) in [6, 6.07) is 5.89. The van der Waals surface area contributed by atoms with E-state index in [0.717, 1.165) is 37.8 Å². The minimum Gasteiger partial charge on any atom is -0.369 e. The smallest absolute Gasteiger partial charge is 0.223 e. The molecule has 4 bridgehead atoms. The predicted molar refractivity (Wildman–Crippen MR) is 108 cm³/mol. The summed E-state index contributed by atoms with van der Waals surface area (Å²) in [7, 11) is 0. The van der Waals surface area contributed by atoms with Gasteiger partial charge in [0.05, 0.1) is 12.3 Å². The number of nitrogens with two attached hydrogens (primary N) is 1. The molecule has 7 nitrogen and oxygen atoms in total. The van der Waals surface area contributed by atoms with E-state index in [4.69, 9.17) is 10.5 Å². The summed E-state index contributed by atoms with van der Waals surface area (Å²) in [6.45, 7) is 4.17. The molecule has 1 heterocycles. The van der Waals surface area contributed by atoms with Gasteiger partial charge in [-0.05, 0) is 75.8 Å². The molecule has 0 spiro atoms. The number of primary amides is 1. The van der Waals surface area contributed by atoms with Crippen LogP contribution < -0.4 is 11.1 Å². The Morgan fingerprint density at radius 1 is 1.38 bits per heavy atom. The summed E-state index contributed by atoms with van der Waals surface area (Å²) in [6.07, 6.45) is 8.49. The summed E-state index contributed by atoms with van der Waals surface area (Å²) in [5.41, 5.74) is 5.54. The van der Waals surface area contributed by atoms with Gasteiger partial charge in [0.2, 0.25) is 12.1 Å². The van der Waals surface area contributed by atoms with Gasteiger partial charge in [-0.1, -0.05) is 6.07 Å². The SMILES string of the molecule is CC(C)(OCc1ccccn1)/C(=N\C#N)NC1C2CC3CC1CC(C(N)=O)(C3)C2. The first-order valence-electron chi connectivity index (χ1n) is 10.4. The number of nitriles is 1. The monoisotopic (exact) mass is 395 g/mol. The number of carbonyl (C=O) groups excluding carboxylic acids is 1. The number of rotatable bonds is 6. The number of carbonyl (C=O) groups is 1. The molecular weight excluding hydrogens is 366 g/mol. The second kappa shape index (κ2) is 7.42. The van der Waals surface area contributed by atoms with E-state index in [1.165, 1.54) is 0 Å². The first kappa shape index (κ1) is 19.8. The number of aromatic nitrogens is 1. The summed E-state index contributed by atoms with van der Waals surface area (Å²) >= 11 is 0. The highest BCUT2D eigenvalue weighted by Gasteiger charge is 2.58. The molecule has 4 aliphatic carbocycles. The number of pyridine rings is 1. The van der Waals surface area contributed by atoms with E-state index >= 15 is 0 Å². The van der Waals surface area contributed by atoms with E-state index in [9.17, 15) is 10.1 Å². The average Bonchev–Trinajstić information content (AvgIpc) is 2.68. The first-order chi connectivity index (χ1) is 13.8. The normalized spacial score (nSPS) is 33.3. The van der Waals surface area contributed by atoms with Crippen molar-refractivity contribution in [1.82, 2.24) is 10.3 Å². The number of ether oxygens (including phenoxy) is 1. The Hall–Kier alpha value is -2.46. The molecular formula is C22H29N5O2. The van der Waals surface area contributed by atoms with Gasteiger partial charge in [0.25, 0.3) is 0 Å². The van der Waals surface area contributed by atoms with Crippen molar-refractivity contribution < 1.29 is 9.53 Å². The van der Waals surface area contributed by atoms with Crippen LogP contribution >= 0.6 is 0 Å². The minimum atomic E-state index is -0.761. The van der Waals surface area contributed by atoms with Crippen LogP contribution in [-0.4, -0.2) is 28.4 Å². The number of aliphatic imine (C=N–C) groups is 1. The third kappa shape index (κ3) is 3.74. The average molecular weight is 396 g/mol. The zero-order chi connectivity index (χ0) is 20.6. The van der Waals surface area contributed by atoms with E-state index in [-0.39, 0.29) is 17.4 Å². The molecule has 0 aromatic carbocycles. The van der Waals surface area contributed by atoms with Crippen LogP contribution in [0.5, 0.6) is 0 Å². The zero-order valence-electron chi connectivity index (χ0n) is 17.1. The van der Waals surface area contributed by atoms with Crippen molar-refractivity contribution >= 4 is 11.7 Å². The summed E-state index contributed by atoms with van der Waals surface area (Å²) in [5, 5.41) is 12.8. The molecule has 1 aromatic heterocycles. The highest BCUT2D eigenvalue weighted by Crippen LogP contribution is 2.60. The maximum Gasteiger partial charge on any atom is 0.223 e. The molecule has 1 aromatic rings. The third-order valence-electron chi connectivity index (χ3n) is 7.14. The second-order valence-corrected chi connectivity index (χ2v) is 9.47. The van der Waals surface area contributed by atoms with Gasteiger partial charge < -0.3 is 15.8 Å². The lowest BCUT2D eigenvalue weighted by Gasteiger charge is -2.59. The van der Waals surface area contributed by atoms with Crippen LogP contribution in [0.25, 0.3) is 0 Å². The van der Waals surface area contributed by atoms with E-state index < -0.39 is 5.60 Å². The van der Waals surface area contributed by atoms with Crippen LogP contribution in [0.4, 0.5) is 0 Å². The number of nitrogens with one attached hydrogen (secondary N) is 1. The van der Waals surface area contributed by atoms with Crippen molar-refractivity contribution in [2.45, 2.75) is 64.2 Å². The number of amides is 1. The van der Waals surface area contributed by atoms with Crippen molar-refractivity contribution in [2.75, 3.05) is 0 Å². The van der Waals surface area contributed by atoms with Gasteiger partial charge in [-0.3, -0.25) is 9.78 Å². The van der Waals surface area contributed by atoms with Crippen molar-refractivity contribution in [3.05, 3.63) is 30.1 Å². The largest absolute Gasteiger partial charge is 0.369 e. The molecule has 2 unspecified atom stereocenters. The number of hydrogen-bond donors (Lipinski definition) is 2. The van der Waals surface area contributed by atoms with E-state index in [1.807, 2.05) is 38.2 Å².